The van der Waals surface area contributed by atoms with Crippen molar-refractivity contribution in [2.45, 2.75) is 20.3 Å². The minimum Gasteiger partial charge on any atom is -0.477 e. The lowest BCUT2D eigenvalue weighted by Gasteiger charge is -1.99. The molecule has 1 aromatic rings. The van der Waals surface area contributed by atoms with Crippen molar-refractivity contribution < 1.29 is 14.7 Å². The number of carboxylic acids is 1. The predicted octanol–water partition coefficient (Wildman–Crippen LogP) is 0.765. The number of anilines is 1. The van der Waals surface area contributed by atoms with E-state index in [0.717, 1.165) is 0 Å². The molecule has 1 heterocycles. The Bertz CT molecular complexity index is 370. The number of hydrogen-bond acceptors (Lipinski definition) is 3. The molecule has 0 fully saturated rings. The summed E-state index contributed by atoms with van der Waals surface area (Å²) in [6, 6.07) is 0. The van der Waals surface area contributed by atoms with Crippen molar-refractivity contribution in [1.29, 1.82) is 0 Å². The lowest BCUT2D eigenvalue weighted by molar-refractivity contribution is -0.115. The van der Waals surface area contributed by atoms with Crippen LogP contribution in [0.2, 0.25) is 0 Å². The van der Waals surface area contributed by atoms with Gasteiger partial charge in [-0.25, -0.2) is 4.79 Å². The van der Waals surface area contributed by atoms with Gasteiger partial charge in [-0.3, -0.25) is 9.89 Å². The third-order valence-electron chi connectivity index (χ3n) is 1.74. The number of nitrogens with zero attached hydrogens (tertiary/aromatic N) is 1. The van der Waals surface area contributed by atoms with E-state index in [1.165, 1.54) is 0 Å². The van der Waals surface area contributed by atoms with Gasteiger partial charge in [0.1, 0.15) is 5.56 Å². The summed E-state index contributed by atoms with van der Waals surface area (Å²) < 4.78 is 0. The van der Waals surface area contributed by atoms with Gasteiger partial charge in [-0.2, -0.15) is 5.10 Å². The molecule has 76 valence electrons. The highest BCUT2D eigenvalue weighted by Crippen LogP contribution is 2.15. The molecule has 6 heteroatoms. The molecule has 1 amide bonds. The number of aromatic amines is 1. The smallest absolute Gasteiger partial charge is 0.341 e. The first-order valence-corrected chi connectivity index (χ1v) is 4.14. The van der Waals surface area contributed by atoms with Crippen LogP contribution in [0, 0.1) is 6.92 Å². The lowest BCUT2D eigenvalue weighted by atomic mass is 10.2. The largest absolute Gasteiger partial charge is 0.477 e. The first kappa shape index (κ1) is 10.2. The number of aromatic nitrogens is 2. The summed E-state index contributed by atoms with van der Waals surface area (Å²) >= 11 is 0. The summed E-state index contributed by atoms with van der Waals surface area (Å²) in [7, 11) is 0. The van der Waals surface area contributed by atoms with E-state index in [2.05, 4.69) is 15.5 Å². The number of carboxylic acid groups (broad SMARTS) is 1. The van der Waals surface area contributed by atoms with Gasteiger partial charge in [0.15, 0.2) is 5.82 Å². The molecule has 0 aliphatic carbocycles. The van der Waals surface area contributed by atoms with Crippen LogP contribution in [0.25, 0.3) is 0 Å². The fourth-order valence-electron chi connectivity index (χ4n) is 1.00. The van der Waals surface area contributed by atoms with Crippen molar-refractivity contribution in [3.63, 3.8) is 0 Å². The molecule has 0 spiro atoms. The Morgan fingerprint density at radius 1 is 1.57 bits per heavy atom. The lowest BCUT2D eigenvalue weighted by Crippen LogP contribution is -2.13. The van der Waals surface area contributed by atoms with E-state index in [4.69, 9.17) is 5.11 Å². The molecule has 0 atom stereocenters. The number of nitrogens with one attached hydrogen (secondary N) is 2. The number of rotatable bonds is 3. The Hall–Kier alpha value is -1.85. The second-order valence-electron chi connectivity index (χ2n) is 2.78. The highest BCUT2D eigenvalue weighted by Gasteiger charge is 2.18. The second kappa shape index (κ2) is 3.91. The van der Waals surface area contributed by atoms with Crippen LogP contribution in [-0.2, 0) is 4.79 Å². The minimum atomic E-state index is -1.11. The molecule has 0 aliphatic heterocycles. The normalized spacial score (nSPS) is 9.86. The van der Waals surface area contributed by atoms with Crippen LogP contribution < -0.4 is 5.32 Å². The van der Waals surface area contributed by atoms with Crippen molar-refractivity contribution in [3.05, 3.63) is 11.3 Å². The van der Waals surface area contributed by atoms with Gasteiger partial charge in [0.2, 0.25) is 5.91 Å². The summed E-state index contributed by atoms with van der Waals surface area (Å²) in [5.74, 6) is -1.30. The summed E-state index contributed by atoms with van der Waals surface area (Å²) in [5, 5.41) is 17.4. The molecule has 1 aromatic heterocycles. The number of carbonyl (C=O) groups is 2. The van der Waals surface area contributed by atoms with Crippen LogP contribution in [0.1, 0.15) is 29.4 Å². The van der Waals surface area contributed by atoms with Crippen molar-refractivity contribution in [1.82, 2.24) is 10.2 Å². The molecule has 0 radical (unpaired) electrons. The van der Waals surface area contributed by atoms with Crippen molar-refractivity contribution in [3.8, 4) is 0 Å². The van der Waals surface area contributed by atoms with E-state index < -0.39 is 5.97 Å². The number of carbonyl (C=O) groups excluding carboxylic acids is 1. The van der Waals surface area contributed by atoms with Crippen LogP contribution in [0.15, 0.2) is 0 Å². The number of hydrogen-bond donors (Lipinski definition) is 3. The maximum Gasteiger partial charge on any atom is 0.341 e. The molecule has 6 nitrogen and oxygen atoms in total. The van der Waals surface area contributed by atoms with E-state index in [9.17, 15) is 9.59 Å². The highest BCUT2D eigenvalue weighted by atomic mass is 16.4. The molecule has 0 unspecified atom stereocenters. The second-order valence-corrected chi connectivity index (χ2v) is 2.78. The van der Waals surface area contributed by atoms with Gasteiger partial charge in [0.05, 0.1) is 0 Å². The Morgan fingerprint density at radius 3 is 2.71 bits per heavy atom. The van der Waals surface area contributed by atoms with E-state index in [0.29, 0.717) is 5.69 Å². The maximum absolute atomic E-state index is 11.0. The standard InChI is InChI=1S/C8H11N3O3/c1-3-5(12)9-7-6(8(13)14)4(2)10-11-7/h3H2,1-2H3,(H,13,14)(H2,9,10,11,12). The minimum absolute atomic E-state index is 0.00630. The molecule has 0 saturated carbocycles. The maximum atomic E-state index is 11.0. The fourth-order valence-corrected chi connectivity index (χ4v) is 1.00. The van der Waals surface area contributed by atoms with Crippen LogP contribution in [0.5, 0.6) is 0 Å². The zero-order valence-corrected chi connectivity index (χ0v) is 7.92. The quantitative estimate of drug-likeness (QED) is 0.666. The fraction of sp³-hybridized carbons (Fsp3) is 0.375. The van der Waals surface area contributed by atoms with Crippen LogP contribution >= 0.6 is 0 Å². The van der Waals surface area contributed by atoms with E-state index >= 15 is 0 Å². The summed E-state index contributed by atoms with van der Waals surface area (Å²) in [4.78, 5) is 21.8. The average Bonchev–Trinajstić information content (AvgIpc) is 2.46. The summed E-state index contributed by atoms with van der Waals surface area (Å²) in [6.07, 6.45) is 0.283. The van der Waals surface area contributed by atoms with Crippen molar-refractivity contribution in [2.75, 3.05) is 5.32 Å². The van der Waals surface area contributed by atoms with Gasteiger partial charge in [0, 0.05) is 12.1 Å². The van der Waals surface area contributed by atoms with Crippen LogP contribution in [0.3, 0.4) is 0 Å². The Balaban J connectivity index is 2.98. The van der Waals surface area contributed by atoms with Gasteiger partial charge < -0.3 is 10.4 Å². The summed E-state index contributed by atoms with van der Waals surface area (Å²) in [5.41, 5.74) is 0.427. The third-order valence-corrected chi connectivity index (χ3v) is 1.74. The van der Waals surface area contributed by atoms with Gasteiger partial charge in [-0.1, -0.05) is 6.92 Å². The Morgan fingerprint density at radius 2 is 2.21 bits per heavy atom. The molecular formula is C8H11N3O3. The van der Waals surface area contributed by atoms with Crippen molar-refractivity contribution >= 4 is 17.7 Å². The monoisotopic (exact) mass is 197 g/mol. The molecule has 3 N–H and O–H groups in total. The predicted molar refractivity (Wildman–Crippen MR) is 49.2 cm³/mol. The van der Waals surface area contributed by atoms with Gasteiger partial charge >= 0.3 is 5.97 Å². The first-order valence-electron chi connectivity index (χ1n) is 4.14. The SMILES string of the molecule is CCC(=O)Nc1n[nH]c(C)c1C(=O)O. The topological polar surface area (TPSA) is 95.1 Å². The zero-order valence-electron chi connectivity index (χ0n) is 7.92. The molecule has 0 aliphatic rings. The molecule has 14 heavy (non-hydrogen) atoms. The molecule has 0 bridgehead atoms. The Labute approximate surface area is 80.3 Å². The van der Waals surface area contributed by atoms with E-state index in [1.54, 1.807) is 13.8 Å². The molecule has 0 aromatic carbocycles. The average molecular weight is 197 g/mol. The molecule has 1 rings (SSSR count). The van der Waals surface area contributed by atoms with Crippen LogP contribution in [-0.4, -0.2) is 27.2 Å². The van der Waals surface area contributed by atoms with Crippen LogP contribution in [0.4, 0.5) is 5.82 Å². The van der Waals surface area contributed by atoms with Gasteiger partial charge in [-0.15, -0.1) is 0 Å². The molecule has 0 saturated heterocycles. The third kappa shape index (κ3) is 1.90. The van der Waals surface area contributed by atoms with E-state index in [-0.39, 0.29) is 23.7 Å². The number of amides is 1. The zero-order chi connectivity index (χ0) is 10.7. The number of aromatic carboxylic acids is 1. The van der Waals surface area contributed by atoms with E-state index in [1.807, 2.05) is 0 Å². The van der Waals surface area contributed by atoms with Gasteiger partial charge in [0.25, 0.3) is 0 Å². The van der Waals surface area contributed by atoms with Gasteiger partial charge in [-0.05, 0) is 6.92 Å². The Kier molecular flexibility index (Phi) is 2.85. The first-order chi connectivity index (χ1) is 6.56. The number of aryl methyl sites for hydroxylation is 1. The number of H-pyrrole nitrogens is 1. The van der Waals surface area contributed by atoms with Crippen molar-refractivity contribution in [2.24, 2.45) is 0 Å². The molecular weight excluding hydrogens is 186 g/mol. The highest BCUT2D eigenvalue weighted by molar-refractivity contribution is 5.99. The summed E-state index contributed by atoms with van der Waals surface area (Å²) in [6.45, 7) is 3.26.